The van der Waals surface area contributed by atoms with Gasteiger partial charge in [0, 0.05) is 38.6 Å². The summed E-state index contributed by atoms with van der Waals surface area (Å²) in [5, 5.41) is 13.9. The molecule has 0 saturated heterocycles. The number of furan rings is 1. The van der Waals surface area contributed by atoms with E-state index in [1.807, 2.05) is 0 Å². The lowest BCUT2D eigenvalue weighted by Gasteiger charge is -2.28. The van der Waals surface area contributed by atoms with E-state index in [1.165, 1.54) is 60.3 Å². The summed E-state index contributed by atoms with van der Waals surface area (Å²) in [7, 11) is 0. The molecule has 0 amide bonds. The van der Waals surface area contributed by atoms with E-state index in [1.54, 1.807) is 0 Å². The molecule has 0 unspecified atom stereocenters. The second-order valence-corrected chi connectivity index (χ2v) is 18.0. The lowest BCUT2D eigenvalue weighted by molar-refractivity contribution is 0.660. The van der Waals surface area contributed by atoms with Gasteiger partial charge in [0.2, 0.25) is 0 Å². The van der Waals surface area contributed by atoms with Gasteiger partial charge >= 0.3 is 0 Å². The Morgan fingerprint density at radius 1 is 0.323 bits per heavy atom. The number of rotatable bonds is 4. The van der Waals surface area contributed by atoms with Crippen LogP contribution < -0.4 is 4.90 Å². The molecule has 0 N–H and O–H groups in total. The van der Waals surface area contributed by atoms with Crippen molar-refractivity contribution in [2.24, 2.45) is 0 Å². The van der Waals surface area contributed by atoms with Crippen LogP contribution in [0, 0.1) is 0 Å². The van der Waals surface area contributed by atoms with Gasteiger partial charge in [0.25, 0.3) is 0 Å². The molecule has 0 spiro atoms. The summed E-state index contributed by atoms with van der Waals surface area (Å²) in [6.45, 7) is 4.72. The van der Waals surface area contributed by atoms with E-state index in [4.69, 9.17) is 4.42 Å². The van der Waals surface area contributed by atoms with E-state index in [-0.39, 0.29) is 5.41 Å². The van der Waals surface area contributed by atoms with Crippen LogP contribution in [0.3, 0.4) is 0 Å². The maximum absolute atomic E-state index is 6.94. The monoisotopic (exact) mass is 829 g/mol. The van der Waals surface area contributed by atoms with Gasteiger partial charge in [-0.3, -0.25) is 0 Å². The van der Waals surface area contributed by atoms with E-state index in [0.29, 0.717) is 0 Å². The Labute approximate surface area is 377 Å². The molecule has 2 nitrogen and oxygen atoms in total. The summed E-state index contributed by atoms with van der Waals surface area (Å²) < 4.78 is 6.94. The number of fused-ring (bicyclic) bond motifs is 17. The van der Waals surface area contributed by atoms with Crippen LogP contribution in [0.4, 0.5) is 17.1 Å². The molecule has 1 heterocycles. The molecule has 0 radical (unpaired) electrons. The minimum atomic E-state index is -0.151. The molecule has 0 saturated carbocycles. The molecule has 13 rings (SSSR count). The quantitative estimate of drug-likeness (QED) is 0.176. The Morgan fingerprint density at radius 2 is 0.785 bits per heavy atom. The van der Waals surface area contributed by atoms with E-state index in [0.717, 1.165) is 65.9 Å². The molecule has 306 valence electrons. The van der Waals surface area contributed by atoms with Crippen LogP contribution in [0.25, 0.3) is 98.1 Å². The van der Waals surface area contributed by atoms with Gasteiger partial charge in [-0.25, -0.2) is 0 Å². The molecule has 0 aliphatic heterocycles. The number of para-hydroxylation sites is 1. The zero-order valence-electron chi connectivity index (χ0n) is 36.2. The molecule has 1 aliphatic rings. The van der Waals surface area contributed by atoms with Gasteiger partial charge in [-0.2, -0.15) is 0 Å². The van der Waals surface area contributed by atoms with E-state index < -0.39 is 0 Å². The third kappa shape index (κ3) is 5.74. The van der Waals surface area contributed by atoms with E-state index in [9.17, 15) is 0 Å². The zero-order valence-corrected chi connectivity index (χ0v) is 36.2. The SMILES string of the molecule is CC1(C)c2ccccc2-c2ccc(N(c3ccc(-c4ccccc4)cc3)c3ccc4c(c3)c3ccccc3c3ccccc3c3ccccc3c3c4ccc4c5ccccc5oc43)cc21. The van der Waals surface area contributed by atoms with Crippen molar-refractivity contribution in [3.8, 4) is 22.3 Å². The fraction of sp³-hybridized carbons (Fsp3) is 0.0476. The van der Waals surface area contributed by atoms with Crippen molar-refractivity contribution in [1.82, 2.24) is 0 Å². The highest BCUT2D eigenvalue weighted by molar-refractivity contribution is 6.31. The van der Waals surface area contributed by atoms with Crippen LogP contribution >= 0.6 is 0 Å². The molecule has 0 bridgehead atoms. The summed E-state index contributed by atoms with van der Waals surface area (Å²) >= 11 is 0. The number of anilines is 3. The summed E-state index contributed by atoms with van der Waals surface area (Å²) in [6.07, 6.45) is 0. The Kier molecular flexibility index (Phi) is 8.29. The number of benzene rings is 10. The largest absolute Gasteiger partial charge is 0.455 e. The van der Waals surface area contributed by atoms with Gasteiger partial charge in [-0.15, -0.1) is 0 Å². The Balaban J connectivity index is 1.16. The second-order valence-electron chi connectivity index (χ2n) is 18.0. The maximum Gasteiger partial charge on any atom is 0.143 e. The van der Waals surface area contributed by atoms with E-state index in [2.05, 4.69) is 243 Å². The highest BCUT2D eigenvalue weighted by Gasteiger charge is 2.35. The Bertz CT molecular complexity index is 3970. The van der Waals surface area contributed by atoms with E-state index >= 15 is 0 Å². The lowest BCUT2D eigenvalue weighted by Crippen LogP contribution is -2.16. The molecule has 0 fully saturated rings. The average Bonchev–Trinajstić information content (AvgIpc) is 3.85. The van der Waals surface area contributed by atoms with Crippen molar-refractivity contribution < 1.29 is 4.42 Å². The van der Waals surface area contributed by atoms with Gasteiger partial charge in [0.05, 0.1) is 0 Å². The minimum absolute atomic E-state index is 0.151. The van der Waals surface area contributed by atoms with Crippen molar-refractivity contribution in [2.45, 2.75) is 19.3 Å². The van der Waals surface area contributed by atoms with Gasteiger partial charge in [-0.05, 0) is 130 Å². The third-order valence-corrected chi connectivity index (χ3v) is 14.1. The van der Waals surface area contributed by atoms with Gasteiger partial charge in [-0.1, -0.05) is 190 Å². The first-order valence-electron chi connectivity index (χ1n) is 22.6. The molecule has 0 atom stereocenters. The second kappa shape index (κ2) is 14.4. The Morgan fingerprint density at radius 3 is 1.51 bits per heavy atom. The summed E-state index contributed by atoms with van der Waals surface area (Å²) in [4.78, 5) is 2.45. The molecule has 2 heteroatoms. The first kappa shape index (κ1) is 37.4. The first-order valence-corrected chi connectivity index (χ1v) is 22.6. The summed E-state index contributed by atoms with van der Waals surface area (Å²) in [5.41, 5.74) is 12.7. The van der Waals surface area contributed by atoms with Crippen molar-refractivity contribution in [3.63, 3.8) is 0 Å². The molecular formula is C63H43NO. The van der Waals surface area contributed by atoms with Crippen LogP contribution in [0.1, 0.15) is 25.0 Å². The van der Waals surface area contributed by atoms with Gasteiger partial charge in [0.15, 0.2) is 0 Å². The molecule has 65 heavy (non-hydrogen) atoms. The van der Waals surface area contributed by atoms with Crippen molar-refractivity contribution in [2.75, 3.05) is 4.90 Å². The van der Waals surface area contributed by atoms with Crippen molar-refractivity contribution in [3.05, 3.63) is 236 Å². The van der Waals surface area contributed by atoms with Crippen LogP contribution in [-0.4, -0.2) is 0 Å². The van der Waals surface area contributed by atoms with Crippen molar-refractivity contribution >= 4 is 92.9 Å². The lowest BCUT2D eigenvalue weighted by atomic mass is 9.82. The predicted molar refractivity (Wildman–Crippen MR) is 277 cm³/mol. The zero-order chi connectivity index (χ0) is 43.2. The van der Waals surface area contributed by atoms with Gasteiger partial charge in [0.1, 0.15) is 11.2 Å². The summed E-state index contributed by atoms with van der Waals surface area (Å²) in [6, 6.07) is 82.5. The molecular weight excluding hydrogens is 787 g/mol. The average molecular weight is 830 g/mol. The molecule has 1 aromatic heterocycles. The highest BCUT2D eigenvalue weighted by Crippen LogP contribution is 2.51. The standard InChI is InChI=1S/C63H43NO/c1-63(2)58-26-14-12-23-51(58)52-35-33-44(39-59(52)63)64(42-30-28-41(29-31-42)40-16-4-3-5-17-40)43-32-34-50-55-36-37-56-53-24-13-15-27-60(53)65-62(56)61(55)54-25-11-10-21-48(54)46-19-7-6-18-45(46)47-20-8-9-22-49(47)57(50)38-43/h3-39H,1-2H3. The van der Waals surface area contributed by atoms with Crippen LogP contribution in [0.2, 0.25) is 0 Å². The van der Waals surface area contributed by atoms with Gasteiger partial charge < -0.3 is 9.32 Å². The maximum atomic E-state index is 6.94. The highest BCUT2D eigenvalue weighted by atomic mass is 16.3. The number of hydrogen-bond acceptors (Lipinski definition) is 2. The van der Waals surface area contributed by atoms with Crippen LogP contribution in [0.5, 0.6) is 0 Å². The number of nitrogens with zero attached hydrogens (tertiary/aromatic N) is 1. The molecule has 11 aromatic carbocycles. The fourth-order valence-electron chi connectivity index (χ4n) is 11.0. The Hall–Kier alpha value is -8.20. The number of hydrogen-bond donors (Lipinski definition) is 0. The normalized spacial score (nSPS) is 12.9. The smallest absolute Gasteiger partial charge is 0.143 e. The minimum Gasteiger partial charge on any atom is -0.455 e. The third-order valence-electron chi connectivity index (χ3n) is 14.1. The van der Waals surface area contributed by atoms with Crippen LogP contribution in [0.15, 0.2) is 229 Å². The predicted octanol–water partition coefficient (Wildman–Crippen LogP) is 17.9. The van der Waals surface area contributed by atoms with Crippen molar-refractivity contribution in [1.29, 1.82) is 0 Å². The topological polar surface area (TPSA) is 16.4 Å². The summed E-state index contributed by atoms with van der Waals surface area (Å²) in [5.74, 6) is 0. The van der Waals surface area contributed by atoms with Crippen LogP contribution in [-0.2, 0) is 5.41 Å². The first-order chi connectivity index (χ1) is 32.0. The fourth-order valence-corrected chi connectivity index (χ4v) is 11.0. The molecule has 1 aliphatic carbocycles. The molecule has 12 aromatic rings.